The number of hydrogen-bond acceptors (Lipinski definition) is 5. The minimum Gasteiger partial charge on any atom is -0.493 e. The van der Waals surface area contributed by atoms with E-state index in [0.717, 1.165) is 4.47 Å². The van der Waals surface area contributed by atoms with E-state index < -0.39 is 10.0 Å². The second-order valence-corrected chi connectivity index (χ2v) is 7.39. The fourth-order valence-corrected chi connectivity index (χ4v) is 2.92. The average molecular weight is 425 g/mol. The van der Waals surface area contributed by atoms with Crippen molar-refractivity contribution in [2.24, 2.45) is 5.10 Å². The number of sulfonamides is 1. The van der Waals surface area contributed by atoms with Gasteiger partial charge < -0.3 is 9.47 Å². The Balaban J connectivity index is 2.11. The van der Waals surface area contributed by atoms with Crippen LogP contribution in [0.2, 0.25) is 0 Å². The lowest BCUT2D eigenvalue weighted by Gasteiger charge is -2.09. The monoisotopic (exact) mass is 424 g/mol. The molecule has 0 saturated heterocycles. The molecule has 1 N–H and O–H groups in total. The predicted octanol–water partition coefficient (Wildman–Crippen LogP) is 3.33. The second kappa shape index (κ2) is 8.68. The van der Waals surface area contributed by atoms with Gasteiger partial charge in [-0.15, -0.1) is 0 Å². The second-order valence-electron chi connectivity index (χ2n) is 4.82. The van der Waals surface area contributed by atoms with Crippen molar-refractivity contribution in [1.29, 1.82) is 0 Å². The van der Waals surface area contributed by atoms with Gasteiger partial charge in [0.15, 0.2) is 11.5 Å². The van der Waals surface area contributed by atoms with Crippen molar-refractivity contribution in [1.82, 2.24) is 4.83 Å². The Morgan fingerprint density at radius 2 is 1.92 bits per heavy atom. The molecule has 0 aliphatic rings. The van der Waals surface area contributed by atoms with Gasteiger partial charge in [0, 0.05) is 4.47 Å². The van der Waals surface area contributed by atoms with E-state index in [1.54, 1.807) is 36.4 Å². The minimum absolute atomic E-state index is 0.124. The molecule has 2 rings (SSSR count). The summed E-state index contributed by atoms with van der Waals surface area (Å²) < 4.78 is 35.8. The third kappa shape index (κ3) is 5.33. The Labute approximate surface area is 155 Å². The molecule has 0 heterocycles. The van der Waals surface area contributed by atoms with Crippen LogP contribution in [0.3, 0.4) is 0 Å². The van der Waals surface area contributed by atoms with Crippen LogP contribution in [0, 0.1) is 0 Å². The van der Waals surface area contributed by atoms with E-state index in [4.69, 9.17) is 9.47 Å². The van der Waals surface area contributed by atoms with Gasteiger partial charge in [0.2, 0.25) is 0 Å². The number of ether oxygens (including phenoxy) is 2. The van der Waals surface area contributed by atoms with Crippen LogP contribution in [0.5, 0.6) is 11.5 Å². The van der Waals surface area contributed by atoms with Crippen LogP contribution in [0.15, 0.2) is 69.6 Å². The van der Waals surface area contributed by atoms with Crippen molar-refractivity contribution in [2.75, 3.05) is 13.7 Å². The fraction of sp³-hybridized carbons (Fsp3) is 0.118. The topological polar surface area (TPSA) is 77.0 Å². The van der Waals surface area contributed by atoms with E-state index in [2.05, 4.69) is 32.4 Å². The van der Waals surface area contributed by atoms with Crippen molar-refractivity contribution in [3.05, 3.63) is 65.2 Å². The van der Waals surface area contributed by atoms with Crippen molar-refractivity contribution >= 4 is 32.2 Å². The molecule has 25 heavy (non-hydrogen) atoms. The average Bonchev–Trinajstić information content (AvgIpc) is 2.60. The molecule has 8 heteroatoms. The molecule has 0 saturated carbocycles. The first-order chi connectivity index (χ1) is 12.0. The van der Waals surface area contributed by atoms with Gasteiger partial charge in [0.25, 0.3) is 10.0 Å². The highest BCUT2D eigenvalue weighted by Gasteiger charge is 2.12. The summed E-state index contributed by atoms with van der Waals surface area (Å²) >= 11 is 3.26. The summed E-state index contributed by atoms with van der Waals surface area (Å²) in [5.41, 5.74) is 0.654. The Morgan fingerprint density at radius 3 is 2.56 bits per heavy atom. The minimum atomic E-state index is -3.72. The van der Waals surface area contributed by atoms with Crippen molar-refractivity contribution in [2.45, 2.75) is 4.90 Å². The van der Waals surface area contributed by atoms with Gasteiger partial charge >= 0.3 is 0 Å². The molecule has 0 fully saturated rings. The summed E-state index contributed by atoms with van der Waals surface area (Å²) in [6.45, 7) is 3.95. The van der Waals surface area contributed by atoms with Crippen LogP contribution in [0.4, 0.5) is 0 Å². The summed E-state index contributed by atoms with van der Waals surface area (Å²) in [4.78, 5) is 2.29. The molecular formula is C17H17BrN2O4S. The maximum Gasteiger partial charge on any atom is 0.276 e. The number of nitrogens with one attached hydrogen (secondary N) is 1. The molecule has 0 spiro atoms. The number of hydrogen-bond donors (Lipinski definition) is 1. The number of rotatable bonds is 8. The van der Waals surface area contributed by atoms with Crippen LogP contribution >= 0.6 is 15.9 Å². The molecule has 0 amide bonds. The van der Waals surface area contributed by atoms with E-state index in [-0.39, 0.29) is 4.90 Å². The quantitative estimate of drug-likeness (QED) is 0.400. The van der Waals surface area contributed by atoms with Crippen molar-refractivity contribution < 1.29 is 17.9 Å². The van der Waals surface area contributed by atoms with Crippen LogP contribution in [0.25, 0.3) is 0 Å². The first kappa shape index (κ1) is 19.0. The first-order valence-electron chi connectivity index (χ1n) is 7.18. The highest BCUT2D eigenvalue weighted by molar-refractivity contribution is 9.10. The van der Waals surface area contributed by atoms with E-state index in [0.29, 0.717) is 23.7 Å². The standard InChI is InChI=1S/C17H17BrN2O4S/c1-3-10-24-16-9-4-13(11-17(16)23-2)12-19-20-25(21,22)15-7-5-14(18)6-8-15/h3-9,11-12,20H,1,10H2,2H3/b19-12-. The van der Waals surface area contributed by atoms with E-state index in [1.165, 1.54) is 25.5 Å². The Morgan fingerprint density at radius 1 is 1.20 bits per heavy atom. The lowest BCUT2D eigenvalue weighted by atomic mass is 10.2. The molecule has 6 nitrogen and oxygen atoms in total. The van der Waals surface area contributed by atoms with Crippen LogP contribution in [0.1, 0.15) is 5.56 Å². The van der Waals surface area contributed by atoms with Gasteiger partial charge in [0.05, 0.1) is 18.2 Å². The molecule has 0 atom stereocenters. The van der Waals surface area contributed by atoms with Gasteiger partial charge in [-0.1, -0.05) is 28.6 Å². The maximum absolute atomic E-state index is 12.1. The molecule has 2 aromatic rings. The number of halogens is 1. The maximum atomic E-state index is 12.1. The van der Waals surface area contributed by atoms with Crippen LogP contribution < -0.4 is 14.3 Å². The van der Waals surface area contributed by atoms with E-state index >= 15 is 0 Å². The number of nitrogens with zero attached hydrogens (tertiary/aromatic N) is 1. The van der Waals surface area contributed by atoms with Crippen molar-refractivity contribution in [3.8, 4) is 11.5 Å². The highest BCUT2D eigenvalue weighted by Crippen LogP contribution is 2.27. The molecule has 2 aromatic carbocycles. The molecular weight excluding hydrogens is 408 g/mol. The highest BCUT2D eigenvalue weighted by atomic mass is 79.9. The molecule has 0 radical (unpaired) electrons. The molecule has 0 aromatic heterocycles. The fourth-order valence-electron chi connectivity index (χ4n) is 1.87. The largest absolute Gasteiger partial charge is 0.493 e. The summed E-state index contributed by atoms with van der Waals surface area (Å²) in [6, 6.07) is 11.4. The normalized spacial score (nSPS) is 11.3. The van der Waals surface area contributed by atoms with Gasteiger partial charge in [-0.25, -0.2) is 4.83 Å². The molecule has 0 unspecified atom stereocenters. The van der Waals surface area contributed by atoms with E-state index in [1.807, 2.05) is 0 Å². The third-order valence-electron chi connectivity index (χ3n) is 3.05. The third-order valence-corrected chi connectivity index (χ3v) is 4.82. The predicted molar refractivity (Wildman–Crippen MR) is 101 cm³/mol. The zero-order chi connectivity index (χ0) is 18.3. The number of methoxy groups -OCH3 is 1. The zero-order valence-electron chi connectivity index (χ0n) is 13.5. The van der Waals surface area contributed by atoms with Crippen LogP contribution in [-0.4, -0.2) is 28.3 Å². The summed E-state index contributed by atoms with van der Waals surface area (Å²) in [7, 11) is -2.20. The number of hydrazone groups is 1. The Hall–Kier alpha value is -2.32. The summed E-state index contributed by atoms with van der Waals surface area (Å²) in [6.07, 6.45) is 3.02. The first-order valence-corrected chi connectivity index (χ1v) is 9.46. The number of benzene rings is 2. The summed E-state index contributed by atoms with van der Waals surface area (Å²) in [5, 5.41) is 3.79. The lowest BCUT2D eigenvalue weighted by Crippen LogP contribution is -2.18. The molecule has 0 aliphatic carbocycles. The SMILES string of the molecule is C=CCOc1ccc(/C=N\NS(=O)(=O)c2ccc(Br)cc2)cc1OC. The molecule has 0 bridgehead atoms. The molecule has 132 valence electrons. The zero-order valence-corrected chi connectivity index (χ0v) is 15.9. The summed E-state index contributed by atoms with van der Waals surface area (Å²) in [5.74, 6) is 1.08. The Kier molecular flexibility index (Phi) is 6.60. The van der Waals surface area contributed by atoms with Gasteiger partial charge in [-0.05, 0) is 48.0 Å². The van der Waals surface area contributed by atoms with Gasteiger partial charge in [-0.2, -0.15) is 13.5 Å². The van der Waals surface area contributed by atoms with Crippen molar-refractivity contribution in [3.63, 3.8) is 0 Å². The molecule has 0 aliphatic heterocycles. The Bertz CT molecular complexity index is 865. The van der Waals surface area contributed by atoms with E-state index in [9.17, 15) is 8.42 Å². The van der Waals surface area contributed by atoms with Gasteiger partial charge in [-0.3, -0.25) is 0 Å². The smallest absolute Gasteiger partial charge is 0.276 e. The lowest BCUT2D eigenvalue weighted by molar-refractivity contribution is 0.326. The van der Waals surface area contributed by atoms with Crippen LogP contribution in [-0.2, 0) is 10.0 Å². The van der Waals surface area contributed by atoms with Gasteiger partial charge in [0.1, 0.15) is 6.61 Å².